The highest BCUT2D eigenvalue weighted by Gasteiger charge is 2.24. The quantitative estimate of drug-likeness (QED) is 0.555. The summed E-state index contributed by atoms with van der Waals surface area (Å²) in [5, 5.41) is 2.76. The van der Waals surface area contributed by atoms with Crippen LogP contribution in [0.2, 0.25) is 0 Å². The fourth-order valence-electron chi connectivity index (χ4n) is 2.84. The van der Waals surface area contributed by atoms with Crippen LogP contribution in [0.3, 0.4) is 0 Å². The van der Waals surface area contributed by atoms with E-state index in [1.807, 2.05) is 0 Å². The van der Waals surface area contributed by atoms with Crippen LogP contribution in [-0.4, -0.2) is 52.0 Å². The lowest BCUT2D eigenvalue weighted by Crippen LogP contribution is -2.31. The van der Waals surface area contributed by atoms with Gasteiger partial charge in [-0.1, -0.05) is 25.0 Å². The number of nitrogens with one attached hydrogen (secondary N) is 1. The molecule has 7 heteroatoms. The monoisotopic (exact) mass is 380 g/mol. The highest BCUT2D eigenvalue weighted by Crippen LogP contribution is 2.20. The van der Waals surface area contributed by atoms with E-state index in [0.717, 1.165) is 37.7 Å². The minimum absolute atomic E-state index is 0.178. The minimum Gasteiger partial charge on any atom is -0.385 e. The number of methoxy groups -OCH3 is 1. The van der Waals surface area contributed by atoms with Gasteiger partial charge in [0.2, 0.25) is 15.9 Å². The molecule has 1 heterocycles. The van der Waals surface area contributed by atoms with E-state index in [1.165, 1.54) is 6.08 Å². The van der Waals surface area contributed by atoms with Crippen molar-refractivity contribution in [2.45, 2.75) is 37.0 Å². The van der Waals surface area contributed by atoms with Crippen LogP contribution in [0.25, 0.3) is 6.08 Å². The van der Waals surface area contributed by atoms with E-state index in [0.29, 0.717) is 31.1 Å². The summed E-state index contributed by atoms with van der Waals surface area (Å²) in [5.74, 6) is -0.178. The Kier molecular flexibility index (Phi) is 8.28. The van der Waals surface area contributed by atoms with Crippen LogP contribution in [0.1, 0.15) is 37.7 Å². The minimum atomic E-state index is -3.43. The average Bonchev–Trinajstić information content (AvgIpc) is 2.94. The van der Waals surface area contributed by atoms with E-state index in [9.17, 15) is 13.2 Å². The molecule has 1 amide bonds. The van der Waals surface area contributed by atoms with Crippen molar-refractivity contribution < 1.29 is 17.9 Å². The van der Waals surface area contributed by atoms with Gasteiger partial charge in [0.25, 0.3) is 0 Å². The molecule has 1 aliphatic heterocycles. The molecule has 6 nitrogen and oxygen atoms in total. The number of nitrogens with zero attached hydrogens (tertiary/aromatic N) is 1. The van der Waals surface area contributed by atoms with Crippen molar-refractivity contribution in [1.29, 1.82) is 0 Å². The van der Waals surface area contributed by atoms with E-state index < -0.39 is 10.0 Å². The number of hydrogen-bond acceptors (Lipinski definition) is 4. The number of sulfonamides is 1. The Bertz CT molecular complexity index is 691. The first-order valence-electron chi connectivity index (χ1n) is 9.09. The van der Waals surface area contributed by atoms with Gasteiger partial charge in [-0.3, -0.25) is 4.79 Å². The van der Waals surface area contributed by atoms with Gasteiger partial charge in [0.15, 0.2) is 0 Å². The lowest BCUT2D eigenvalue weighted by atomic mass is 10.2. The highest BCUT2D eigenvalue weighted by molar-refractivity contribution is 7.89. The summed E-state index contributed by atoms with van der Waals surface area (Å²) in [6, 6.07) is 6.66. The molecule has 1 N–H and O–H groups in total. The molecular formula is C19H28N2O4S. The number of rotatable bonds is 8. The molecule has 0 atom stereocenters. The highest BCUT2D eigenvalue weighted by atomic mass is 32.2. The second-order valence-corrected chi connectivity index (χ2v) is 8.30. The van der Waals surface area contributed by atoms with Gasteiger partial charge in [0.05, 0.1) is 4.90 Å². The molecule has 1 aliphatic rings. The fourth-order valence-corrected chi connectivity index (χ4v) is 4.36. The first-order chi connectivity index (χ1) is 12.5. The van der Waals surface area contributed by atoms with Crippen LogP contribution in [-0.2, 0) is 19.6 Å². The van der Waals surface area contributed by atoms with Gasteiger partial charge in [-0.2, -0.15) is 4.31 Å². The number of carbonyl (C=O) groups excluding carboxylic acids is 1. The third kappa shape index (κ3) is 6.23. The Morgan fingerprint density at radius 1 is 1.15 bits per heavy atom. The predicted octanol–water partition coefficient (Wildman–Crippen LogP) is 2.42. The van der Waals surface area contributed by atoms with Crippen LogP contribution >= 0.6 is 0 Å². The molecule has 0 aliphatic carbocycles. The van der Waals surface area contributed by atoms with Crippen LogP contribution in [0.15, 0.2) is 35.2 Å². The zero-order valence-corrected chi connectivity index (χ0v) is 16.1. The van der Waals surface area contributed by atoms with Crippen molar-refractivity contribution in [2.75, 3.05) is 33.4 Å². The largest absolute Gasteiger partial charge is 0.385 e. The molecule has 2 rings (SSSR count). The fraction of sp³-hybridized carbons (Fsp3) is 0.526. The first kappa shape index (κ1) is 20.6. The van der Waals surface area contributed by atoms with Crippen molar-refractivity contribution in [3.8, 4) is 0 Å². The molecule has 1 fully saturated rings. The van der Waals surface area contributed by atoms with Crippen molar-refractivity contribution >= 4 is 22.0 Å². The van der Waals surface area contributed by atoms with Gasteiger partial charge in [-0.25, -0.2) is 8.42 Å². The molecular weight excluding hydrogens is 352 g/mol. The van der Waals surface area contributed by atoms with Gasteiger partial charge in [-0.15, -0.1) is 0 Å². The number of benzene rings is 1. The zero-order chi connectivity index (χ0) is 18.8. The summed E-state index contributed by atoms with van der Waals surface area (Å²) < 4.78 is 31.9. The third-order valence-corrected chi connectivity index (χ3v) is 6.25. The molecule has 0 bridgehead atoms. The maximum Gasteiger partial charge on any atom is 0.244 e. The summed E-state index contributed by atoms with van der Waals surface area (Å²) in [4.78, 5) is 12.0. The first-order valence-corrected chi connectivity index (χ1v) is 10.5. The lowest BCUT2D eigenvalue weighted by Gasteiger charge is -2.19. The maximum absolute atomic E-state index is 12.7. The molecule has 1 saturated heterocycles. The van der Waals surface area contributed by atoms with Gasteiger partial charge in [-0.05, 0) is 43.0 Å². The summed E-state index contributed by atoms with van der Waals surface area (Å²) in [7, 11) is -1.81. The molecule has 26 heavy (non-hydrogen) atoms. The Morgan fingerprint density at radius 2 is 1.81 bits per heavy atom. The number of ether oxygens (including phenoxy) is 1. The number of amides is 1. The molecule has 1 aromatic carbocycles. The SMILES string of the molecule is COCCCNC(=O)/C=C/c1ccc(S(=O)(=O)N2CCCCCC2)cc1. The Labute approximate surface area is 156 Å². The van der Waals surface area contributed by atoms with Crippen LogP contribution < -0.4 is 5.32 Å². The summed E-state index contributed by atoms with van der Waals surface area (Å²) in [5.41, 5.74) is 0.784. The maximum atomic E-state index is 12.7. The van der Waals surface area contributed by atoms with E-state index >= 15 is 0 Å². The van der Waals surface area contributed by atoms with Crippen molar-refractivity contribution in [2.24, 2.45) is 0 Å². The lowest BCUT2D eigenvalue weighted by molar-refractivity contribution is -0.116. The van der Waals surface area contributed by atoms with E-state index in [4.69, 9.17) is 4.74 Å². The summed E-state index contributed by atoms with van der Waals surface area (Å²) in [6.45, 7) is 2.35. The molecule has 0 aromatic heterocycles. The molecule has 0 spiro atoms. The molecule has 144 valence electrons. The normalized spacial score (nSPS) is 16.5. The second kappa shape index (κ2) is 10.4. The van der Waals surface area contributed by atoms with Crippen LogP contribution in [0.4, 0.5) is 0 Å². The van der Waals surface area contributed by atoms with E-state index in [2.05, 4.69) is 5.32 Å². The van der Waals surface area contributed by atoms with Gasteiger partial charge in [0, 0.05) is 39.4 Å². The summed E-state index contributed by atoms with van der Waals surface area (Å²) in [6.07, 6.45) is 7.89. The van der Waals surface area contributed by atoms with E-state index in [-0.39, 0.29) is 5.91 Å². The Hall–Kier alpha value is -1.70. The predicted molar refractivity (Wildman–Crippen MR) is 102 cm³/mol. The zero-order valence-electron chi connectivity index (χ0n) is 15.3. The van der Waals surface area contributed by atoms with Crippen molar-refractivity contribution in [3.63, 3.8) is 0 Å². The molecule has 0 radical (unpaired) electrons. The molecule has 1 aromatic rings. The van der Waals surface area contributed by atoms with E-state index in [1.54, 1.807) is 41.8 Å². The number of carbonyl (C=O) groups is 1. The average molecular weight is 381 g/mol. The van der Waals surface area contributed by atoms with Crippen LogP contribution in [0, 0.1) is 0 Å². The third-order valence-electron chi connectivity index (χ3n) is 4.33. The Morgan fingerprint density at radius 3 is 2.42 bits per heavy atom. The summed E-state index contributed by atoms with van der Waals surface area (Å²) >= 11 is 0. The molecule has 0 unspecified atom stereocenters. The Balaban J connectivity index is 1.94. The van der Waals surface area contributed by atoms with Crippen molar-refractivity contribution in [1.82, 2.24) is 9.62 Å². The molecule has 0 saturated carbocycles. The van der Waals surface area contributed by atoms with Crippen molar-refractivity contribution in [3.05, 3.63) is 35.9 Å². The standard InChI is InChI=1S/C19H28N2O4S/c1-25-16-6-13-20-19(22)12-9-17-7-10-18(11-8-17)26(23,24)21-14-4-2-3-5-15-21/h7-12H,2-6,13-16H2,1H3,(H,20,22)/b12-9+. The number of hydrogen-bond donors (Lipinski definition) is 1. The van der Waals surface area contributed by atoms with Gasteiger partial charge >= 0.3 is 0 Å². The van der Waals surface area contributed by atoms with Crippen LogP contribution in [0.5, 0.6) is 0 Å². The van der Waals surface area contributed by atoms with Gasteiger partial charge < -0.3 is 10.1 Å². The topological polar surface area (TPSA) is 75.7 Å². The second-order valence-electron chi connectivity index (χ2n) is 6.36. The smallest absolute Gasteiger partial charge is 0.244 e. The van der Waals surface area contributed by atoms with Gasteiger partial charge in [0.1, 0.15) is 0 Å².